The number of nitrogens with one attached hydrogen (secondary N) is 1. The van der Waals surface area contributed by atoms with Gasteiger partial charge in [0, 0.05) is 10.5 Å². The standard InChI is InChI=1S/C14H13ClN2S/c1-18-13-9-5-6-11(10-13)14(15)17-16-12-7-3-2-4-8-12/h2-10,16H,1H3. The van der Waals surface area contributed by atoms with Crippen molar-refractivity contribution in [2.24, 2.45) is 5.10 Å². The zero-order chi connectivity index (χ0) is 12.8. The van der Waals surface area contributed by atoms with Crippen LogP contribution >= 0.6 is 23.4 Å². The molecule has 0 saturated carbocycles. The highest BCUT2D eigenvalue weighted by molar-refractivity contribution is 7.98. The number of hydrazone groups is 1. The van der Waals surface area contributed by atoms with Crippen molar-refractivity contribution in [2.45, 2.75) is 4.90 Å². The fraction of sp³-hybridized carbons (Fsp3) is 0.0714. The fourth-order valence-corrected chi connectivity index (χ4v) is 2.06. The molecule has 1 N–H and O–H groups in total. The normalized spacial score (nSPS) is 11.3. The molecule has 4 heteroatoms. The Balaban J connectivity index is 2.12. The van der Waals surface area contributed by atoms with Gasteiger partial charge in [0.2, 0.25) is 0 Å². The SMILES string of the molecule is CSc1cccc(C(Cl)=NNc2ccccc2)c1. The number of halogens is 1. The predicted molar refractivity (Wildman–Crippen MR) is 80.7 cm³/mol. The Morgan fingerprint density at radius 1 is 1.11 bits per heavy atom. The molecule has 2 aromatic rings. The molecular weight excluding hydrogens is 264 g/mol. The van der Waals surface area contributed by atoms with Gasteiger partial charge in [-0.2, -0.15) is 5.10 Å². The lowest BCUT2D eigenvalue weighted by atomic mass is 10.2. The van der Waals surface area contributed by atoms with Gasteiger partial charge >= 0.3 is 0 Å². The third-order valence-corrected chi connectivity index (χ3v) is 3.39. The Bertz CT molecular complexity index is 541. The van der Waals surface area contributed by atoms with Crippen molar-refractivity contribution in [3.8, 4) is 0 Å². The smallest absolute Gasteiger partial charge is 0.156 e. The maximum atomic E-state index is 6.16. The maximum absolute atomic E-state index is 6.16. The number of thioether (sulfide) groups is 1. The quantitative estimate of drug-likeness (QED) is 0.508. The Morgan fingerprint density at radius 3 is 2.61 bits per heavy atom. The first-order valence-corrected chi connectivity index (χ1v) is 7.08. The predicted octanol–water partition coefficient (Wildman–Crippen LogP) is 4.42. The van der Waals surface area contributed by atoms with Gasteiger partial charge in [-0.05, 0) is 30.5 Å². The summed E-state index contributed by atoms with van der Waals surface area (Å²) in [6.07, 6.45) is 2.03. The van der Waals surface area contributed by atoms with Crippen LogP contribution in [0.2, 0.25) is 0 Å². The summed E-state index contributed by atoms with van der Waals surface area (Å²) in [4.78, 5) is 1.17. The molecule has 0 aliphatic carbocycles. The minimum Gasteiger partial charge on any atom is -0.277 e. The van der Waals surface area contributed by atoms with Gasteiger partial charge in [0.25, 0.3) is 0 Å². The van der Waals surface area contributed by atoms with Crippen molar-refractivity contribution in [3.05, 3.63) is 60.2 Å². The molecule has 2 aromatic carbocycles. The van der Waals surface area contributed by atoms with Crippen LogP contribution in [-0.4, -0.2) is 11.4 Å². The summed E-state index contributed by atoms with van der Waals surface area (Å²) in [5.74, 6) is 0. The minimum atomic E-state index is 0.453. The van der Waals surface area contributed by atoms with Crippen LogP contribution in [0.5, 0.6) is 0 Å². The Hall–Kier alpha value is -1.45. The zero-order valence-corrected chi connectivity index (χ0v) is 11.5. The van der Waals surface area contributed by atoms with Crippen molar-refractivity contribution >= 4 is 34.2 Å². The molecule has 0 spiro atoms. The molecule has 0 aliphatic rings. The highest BCUT2D eigenvalue weighted by atomic mass is 35.5. The maximum Gasteiger partial charge on any atom is 0.156 e. The van der Waals surface area contributed by atoms with E-state index in [9.17, 15) is 0 Å². The second-order valence-electron chi connectivity index (χ2n) is 3.61. The van der Waals surface area contributed by atoms with E-state index in [2.05, 4.69) is 10.5 Å². The fourth-order valence-electron chi connectivity index (χ4n) is 1.44. The lowest BCUT2D eigenvalue weighted by molar-refractivity contribution is 1.34. The zero-order valence-electron chi connectivity index (χ0n) is 9.93. The summed E-state index contributed by atoms with van der Waals surface area (Å²) >= 11 is 7.84. The topological polar surface area (TPSA) is 24.4 Å². The number of nitrogens with zero attached hydrogens (tertiary/aromatic N) is 1. The lowest BCUT2D eigenvalue weighted by Gasteiger charge is -2.03. The third kappa shape index (κ3) is 3.52. The molecule has 2 rings (SSSR count). The molecule has 0 atom stereocenters. The second kappa shape index (κ2) is 6.47. The molecule has 0 bridgehead atoms. The first-order valence-electron chi connectivity index (χ1n) is 5.48. The number of hydrogen-bond acceptors (Lipinski definition) is 3. The van der Waals surface area contributed by atoms with Gasteiger partial charge in [0.1, 0.15) is 0 Å². The Morgan fingerprint density at radius 2 is 1.89 bits per heavy atom. The average Bonchev–Trinajstić information content (AvgIpc) is 2.46. The Kier molecular flexibility index (Phi) is 4.67. The number of hydrogen-bond donors (Lipinski definition) is 1. The van der Waals surface area contributed by atoms with E-state index in [1.807, 2.05) is 60.9 Å². The van der Waals surface area contributed by atoms with E-state index >= 15 is 0 Å². The van der Waals surface area contributed by atoms with Gasteiger partial charge in [-0.3, -0.25) is 5.43 Å². The van der Waals surface area contributed by atoms with E-state index in [1.165, 1.54) is 4.90 Å². The van der Waals surface area contributed by atoms with Crippen molar-refractivity contribution in [2.75, 3.05) is 11.7 Å². The van der Waals surface area contributed by atoms with E-state index in [1.54, 1.807) is 11.8 Å². The van der Waals surface area contributed by atoms with E-state index < -0.39 is 0 Å². The van der Waals surface area contributed by atoms with Crippen LogP contribution in [0, 0.1) is 0 Å². The van der Waals surface area contributed by atoms with Crippen molar-refractivity contribution < 1.29 is 0 Å². The van der Waals surface area contributed by atoms with Gasteiger partial charge in [0.05, 0.1) is 5.69 Å². The first-order chi connectivity index (χ1) is 8.79. The summed E-state index contributed by atoms with van der Waals surface area (Å²) in [7, 11) is 0. The molecule has 2 nitrogen and oxygen atoms in total. The summed E-state index contributed by atoms with van der Waals surface area (Å²) in [6.45, 7) is 0. The van der Waals surface area contributed by atoms with E-state index in [4.69, 9.17) is 11.6 Å². The van der Waals surface area contributed by atoms with Gasteiger partial charge in [-0.25, -0.2) is 0 Å². The number of anilines is 1. The number of benzene rings is 2. The molecule has 0 amide bonds. The van der Waals surface area contributed by atoms with E-state index in [0.717, 1.165) is 11.3 Å². The first kappa shape index (κ1) is 13.0. The molecule has 0 aliphatic heterocycles. The van der Waals surface area contributed by atoms with Crippen LogP contribution in [0.15, 0.2) is 64.6 Å². The largest absolute Gasteiger partial charge is 0.277 e. The van der Waals surface area contributed by atoms with E-state index in [0.29, 0.717) is 5.17 Å². The van der Waals surface area contributed by atoms with Crippen LogP contribution in [0.1, 0.15) is 5.56 Å². The van der Waals surface area contributed by atoms with Crippen LogP contribution in [0.3, 0.4) is 0 Å². The summed E-state index contributed by atoms with van der Waals surface area (Å²) in [5.41, 5.74) is 4.75. The summed E-state index contributed by atoms with van der Waals surface area (Å²) in [5, 5.41) is 4.62. The molecule has 0 unspecified atom stereocenters. The molecule has 0 aromatic heterocycles. The molecule has 0 radical (unpaired) electrons. The van der Waals surface area contributed by atoms with Gasteiger partial charge in [-0.15, -0.1) is 11.8 Å². The highest BCUT2D eigenvalue weighted by Crippen LogP contribution is 2.17. The average molecular weight is 277 g/mol. The van der Waals surface area contributed by atoms with Crippen molar-refractivity contribution in [3.63, 3.8) is 0 Å². The van der Waals surface area contributed by atoms with Crippen LogP contribution in [0.25, 0.3) is 0 Å². The lowest BCUT2D eigenvalue weighted by Crippen LogP contribution is -1.97. The number of para-hydroxylation sites is 1. The van der Waals surface area contributed by atoms with Crippen LogP contribution < -0.4 is 5.43 Å². The van der Waals surface area contributed by atoms with Crippen molar-refractivity contribution in [1.29, 1.82) is 0 Å². The monoisotopic (exact) mass is 276 g/mol. The van der Waals surface area contributed by atoms with Gasteiger partial charge in [0.15, 0.2) is 5.17 Å². The van der Waals surface area contributed by atoms with Crippen molar-refractivity contribution in [1.82, 2.24) is 0 Å². The Labute approximate surface area is 116 Å². The molecule has 0 saturated heterocycles. The third-order valence-electron chi connectivity index (χ3n) is 2.36. The summed E-state index contributed by atoms with van der Waals surface area (Å²) in [6, 6.07) is 17.7. The molecule has 0 heterocycles. The van der Waals surface area contributed by atoms with Crippen LogP contribution in [-0.2, 0) is 0 Å². The molecule has 0 fully saturated rings. The second-order valence-corrected chi connectivity index (χ2v) is 4.85. The molecule has 18 heavy (non-hydrogen) atoms. The van der Waals surface area contributed by atoms with Gasteiger partial charge in [-0.1, -0.05) is 41.9 Å². The highest BCUT2D eigenvalue weighted by Gasteiger charge is 2.01. The minimum absolute atomic E-state index is 0.453. The summed E-state index contributed by atoms with van der Waals surface area (Å²) < 4.78 is 0. The molecular formula is C14H13ClN2S. The van der Waals surface area contributed by atoms with Gasteiger partial charge < -0.3 is 0 Å². The van der Waals surface area contributed by atoms with Crippen LogP contribution in [0.4, 0.5) is 5.69 Å². The van der Waals surface area contributed by atoms with E-state index in [-0.39, 0.29) is 0 Å². The molecule has 92 valence electrons. The number of rotatable bonds is 4.